The van der Waals surface area contributed by atoms with Crippen molar-refractivity contribution >= 4 is 15.9 Å². The standard InChI is InChI=1S/C21H19F2N3O4S/c22-18-7-6-17(13-19(18)23)31(28,29)26-10-8-25(9-11-26)20(27)12-16-14-30-21(24-16)15-4-2-1-3-5-15/h1-7,13-14H,8-12H2. The normalized spacial score (nSPS) is 15.2. The van der Waals surface area contributed by atoms with E-state index in [1.165, 1.54) is 6.26 Å². The topological polar surface area (TPSA) is 83.7 Å². The minimum absolute atomic E-state index is 0.0340. The molecule has 1 aromatic heterocycles. The highest BCUT2D eigenvalue weighted by Gasteiger charge is 2.31. The van der Waals surface area contributed by atoms with Crippen molar-refractivity contribution in [2.24, 2.45) is 0 Å². The number of rotatable bonds is 5. The highest BCUT2D eigenvalue weighted by Crippen LogP contribution is 2.21. The van der Waals surface area contributed by atoms with Crippen LogP contribution in [0, 0.1) is 11.6 Å². The van der Waals surface area contributed by atoms with Gasteiger partial charge < -0.3 is 9.32 Å². The van der Waals surface area contributed by atoms with Crippen LogP contribution in [0.2, 0.25) is 0 Å². The van der Waals surface area contributed by atoms with Crippen LogP contribution in [0.25, 0.3) is 11.5 Å². The number of halogens is 2. The van der Waals surface area contributed by atoms with Gasteiger partial charge in [-0.25, -0.2) is 22.2 Å². The molecule has 0 N–H and O–H groups in total. The summed E-state index contributed by atoms with van der Waals surface area (Å²) in [6.45, 7) is 0.485. The van der Waals surface area contributed by atoms with Gasteiger partial charge in [-0.2, -0.15) is 4.31 Å². The van der Waals surface area contributed by atoms with Crippen LogP contribution < -0.4 is 0 Å². The molecule has 0 atom stereocenters. The molecule has 1 aliphatic heterocycles. The van der Waals surface area contributed by atoms with Gasteiger partial charge in [-0.15, -0.1) is 0 Å². The number of nitrogens with zero attached hydrogens (tertiary/aromatic N) is 3. The first-order valence-corrected chi connectivity index (χ1v) is 11.0. The van der Waals surface area contributed by atoms with Crippen molar-refractivity contribution in [3.63, 3.8) is 0 Å². The molecule has 162 valence electrons. The number of piperazine rings is 1. The van der Waals surface area contributed by atoms with E-state index in [2.05, 4.69) is 4.98 Å². The van der Waals surface area contributed by atoms with Crippen molar-refractivity contribution in [2.75, 3.05) is 26.2 Å². The first-order chi connectivity index (χ1) is 14.8. The van der Waals surface area contributed by atoms with E-state index in [0.29, 0.717) is 17.7 Å². The molecule has 0 unspecified atom stereocenters. The molecular weight excluding hydrogens is 428 g/mol. The number of hydrogen-bond donors (Lipinski definition) is 0. The number of oxazole rings is 1. The SMILES string of the molecule is O=C(Cc1coc(-c2ccccc2)n1)N1CCN(S(=O)(=O)c2ccc(F)c(F)c2)CC1. The summed E-state index contributed by atoms with van der Waals surface area (Å²) in [6, 6.07) is 11.8. The van der Waals surface area contributed by atoms with Crippen molar-refractivity contribution in [1.82, 2.24) is 14.2 Å². The fraction of sp³-hybridized carbons (Fsp3) is 0.238. The molecular formula is C21H19F2N3O4S. The Labute approximate surface area is 178 Å². The first-order valence-electron chi connectivity index (χ1n) is 9.57. The average molecular weight is 447 g/mol. The van der Waals surface area contributed by atoms with Gasteiger partial charge in [0.05, 0.1) is 17.0 Å². The second-order valence-electron chi connectivity index (χ2n) is 7.05. The van der Waals surface area contributed by atoms with Crippen molar-refractivity contribution in [1.29, 1.82) is 0 Å². The Hall–Kier alpha value is -3.11. The van der Waals surface area contributed by atoms with E-state index in [1.807, 2.05) is 30.3 Å². The predicted molar refractivity (Wildman–Crippen MR) is 107 cm³/mol. The second-order valence-corrected chi connectivity index (χ2v) is 8.99. The molecule has 4 rings (SSSR count). The van der Waals surface area contributed by atoms with Crippen molar-refractivity contribution in [3.05, 3.63) is 72.1 Å². The summed E-state index contributed by atoms with van der Waals surface area (Å²) >= 11 is 0. The van der Waals surface area contributed by atoms with Crippen LogP contribution in [0.5, 0.6) is 0 Å². The Morgan fingerprint density at radius 2 is 1.71 bits per heavy atom. The molecule has 31 heavy (non-hydrogen) atoms. The summed E-state index contributed by atoms with van der Waals surface area (Å²) in [5, 5.41) is 0. The summed E-state index contributed by atoms with van der Waals surface area (Å²) in [4.78, 5) is 18.2. The molecule has 10 heteroatoms. The van der Waals surface area contributed by atoms with E-state index in [4.69, 9.17) is 4.42 Å². The van der Waals surface area contributed by atoms with Crippen molar-refractivity contribution in [2.45, 2.75) is 11.3 Å². The summed E-state index contributed by atoms with van der Waals surface area (Å²) in [5.41, 5.74) is 1.29. The van der Waals surface area contributed by atoms with Crippen LogP contribution in [0.1, 0.15) is 5.69 Å². The quantitative estimate of drug-likeness (QED) is 0.601. The van der Waals surface area contributed by atoms with Gasteiger partial charge in [-0.3, -0.25) is 4.79 Å². The summed E-state index contributed by atoms with van der Waals surface area (Å²) in [5.74, 6) is -2.11. The minimum Gasteiger partial charge on any atom is -0.444 e. The van der Waals surface area contributed by atoms with Gasteiger partial charge in [0.15, 0.2) is 11.6 Å². The van der Waals surface area contributed by atoms with Gasteiger partial charge in [0.25, 0.3) is 0 Å². The number of hydrogen-bond acceptors (Lipinski definition) is 5. The molecule has 1 fully saturated rings. The Bertz CT molecular complexity index is 1190. The van der Waals surface area contributed by atoms with Crippen LogP contribution in [0.15, 0.2) is 64.1 Å². The highest BCUT2D eigenvalue weighted by atomic mass is 32.2. The molecule has 0 saturated carbocycles. The maximum Gasteiger partial charge on any atom is 0.243 e. The smallest absolute Gasteiger partial charge is 0.243 e. The van der Waals surface area contributed by atoms with Gasteiger partial charge in [0.1, 0.15) is 6.26 Å². The van der Waals surface area contributed by atoms with Crippen LogP contribution in [0.4, 0.5) is 8.78 Å². The summed E-state index contributed by atoms with van der Waals surface area (Å²) in [6.07, 6.45) is 1.47. The van der Waals surface area contributed by atoms with Crippen molar-refractivity contribution in [3.8, 4) is 11.5 Å². The van der Waals surface area contributed by atoms with Gasteiger partial charge in [-0.05, 0) is 30.3 Å². The maximum absolute atomic E-state index is 13.4. The van der Waals surface area contributed by atoms with Crippen LogP contribution in [-0.4, -0.2) is 54.7 Å². The summed E-state index contributed by atoms with van der Waals surface area (Å²) in [7, 11) is -3.98. The third-order valence-corrected chi connectivity index (χ3v) is 6.92. The van der Waals surface area contributed by atoms with E-state index in [1.54, 1.807) is 4.90 Å². The number of sulfonamides is 1. The third kappa shape index (κ3) is 4.49. The fourth-order valence-corrected chi connectivity index (χ4v) is 4.77. The molecule has 2 aromatic carbocycles. The average Bonchev–Trinajstić information content (AvgIpc) is 3.24. The number of amides is 1. The second kappa shape index (κ2) is 8.56. The van der Waals surface area contributed by atoms with E-state index in [0.717, 1.165) is 22.0 Å². The number of carbonyl (C=O) groups is 1. The molecule has 1 amide bonds. The van der Waals surface area contributed by atoms with E-state index in [9.17, 15) is 22.0 Å². The lowest BCUT2D eigenvalue weighted by Crippen LogP contribution is -2.50. The molecule has 2 heterocycles. The molecule has 1 aliphatic rings. The largest absolute Gasteiger partial charge is 0.444 e. The zero-order valence-electron chi connectivity index (χ0n) is 16.4. The molecule has 0 spiro atoms. The lowest BCUT2D eigenvalue weighted by atomic mass is 10.2. The Morgan fingerprint density at radius 3 is 2.39 bits per heavy atom. The molecule has 7 nitrogen and oxygen atoms in total. The van der Waals surface area contributed by atoms with Crippen molar-refractivity contribution < 1.29 is 26.4 Å². The molecule has 3 aromatic rings. The molecule has 0 bridgehead atoms. The van der Waals surface area contributed by atoms with Gasteiger partial charge in [-0.1, -0.05) is 18.2 Å². The zero-order valence-corrected chi connectivity index (χ0v) is 17.2. The monoisotopic (exact) mass is 447 g/mol. The van der Waals surface area contributed by atoms with Gasteiger partial charge >= 0.3 is 0 Å². The Morgan fingerprint density at radius 1 is 1.00 bits per heavy atom. The highest BCUT2D eigenvalue weighted by molar-refractivity contribution is 7.89. The van der Waals surface area contributed by atoms with E-state index < -0.39 is 21.7 Å². The first kappa shape index (κ1) is 21.1. The lowest BCUT2D eigenvalue weighted by Gasteiger charge is -2.34. The third-order valence-electron chi connectivity index (χ3n) is 5.03. The number of aromatic nitrogens is 1. The maximum atomic E-state index is 13.4. The summed E-state index contributed by atoms with van der Waals surface area (Å²) < 4.78 is 58.5. The number of carbonyl (C=O) groups excluding carboxylic acids is 1. The zero-order chi connectivity index (χ0) is 22.0. The Kier molecular flexibility index (Phi) is 5.84. The fourth-order valence-electron chi connectivity index (χ4n) is 3.33. The van der Waals surface area contributed by atoms with E-state index >= 15 is 0 Å². The van der Waals surface area contributed by atoms with Crippen LogP contribution in [-0.2, 0) is 21.2 Å². The van der Waals surface area contributed by atoms with Gasteiger partial charge in [0, 0.05) is 31.7 Å². The van der Waals surface area contributed by atoms with Crippen LogP contribution in [0.3, 0.4) is 0 Å². The Balaban J connectivity index is 1.37. The minimum atomic E-state index is -3.98. The predicted octanol–water partition coefficient (Wildman–Crippen LogP) is 2.70. The molecule has 0 radical (unpaired) electrons. The lowest BCUT2D eigenvalue weighted by molar-refractivity contribution is -0.131. The number of benzene rings is 2. The van der Waals surface area contributed by atoms with Gasteiger partial charge in [0.2, 0.25) is 21.8 Å². The van der Waals surface area contributed by atoms with E-state index in [-0.39, 0.29) is 43.4 Å². The van der Waals surface area contributed by atoms with Crippen LogP contribution >= 0.6 is 0 Å². The molecule has 1 saturated heterocycles. The molecule has 0 aliphatic carbocycles.